The first-order chi connectivity index (χ1) is 10.2. The molecule has 0 bridgehead atoms. The third kappa shape index (κ3) is 17.4. The molecule has 21 heavy (non-hydrogen) atoms. The molecular formula is C18H36O2Si. The highest BCUT2D eigenvalue weighted by Gasteiger charge is 2.06. The number of rotatable bonds is 15. The standard InChI is InChI=1S/C18H36O2Si/c1-2-3-4-5-6-7-8-9-10-11-12-13-14-15-17(21)16-18(19)20/h9-10,17H,2-8,11-16H2,1,21H3,(H,19,20)/b10-9-. The largest absolute Gasteiger partial charge is 0.481 e. The Morgan fingerprint density at radius 3 is 2.05 bits per heavy atom. The molecule has 0 aliphatic heterocycles. The molecule has 2 nitrogen and oxygen atoms in total. The molecule has 0 amide bonds. The number of unbranched alkanes of at least 4 members (excludes halogenated alkanes) is 9. The second-order valence-corrected chi connectivity index (χ2v) is 8.00. The van der Waals surface area contributed by atoms with Gasteiger partial charge in [0.25, 0.3) is 0 Å². The number of carbonyl (C=O) groups is 1. The molecule has 0 saturated heterocycles. The number of carboxylic acids is 1. The third-order valence-electron chi connectivity index (χ3n) is 3.98. The van der Waals surface area contributed by atoms with E-state index in [9.17, 15) is 4.79 Å². The van der Waals surface area contributed by atoms with E-state index in [0.29, 0.717) is 12.0 Å². The lowest BCUT2D eigenvalue weighted by molar-refractivity contribution is -0.137. The van der Waals surface area contributed by atoms with Crippen LogP contribution in [0.2, 0.25) is 5.54 Å². The highest BCUT2D eigenvalue weighted by molar-refractivity contribution is 6.12. The SMILES string of the molecule is CCCCCCCC/C=C\CCCCCC([SiH3])CC(=O)O. The van der Waals surface area contributed by atoms with E-state index in [0.717, 1.165) is 16.7 Å². The number of hydrogen-bond donors (Lipinski definition) is 1. The van der Waals surface area contributed by atoms with Crippen LogP contribution in [0.5, 0.6) is 0 Å². The molecule has 0 heterocycles. The van der Waals surface area contributed by atoms with Gasteiger partial charge in [-0.05, 0) is 31.2 Å². The number of allylic oxidation sites excluding steroid dienone is 2. The zero-order chi connectivity index (χ0) is 15.8. The zero-order valence-corrected chi connectivity index (χ0v) is 16.3. The van der Waals surface area contributed by atoms with E-state index in [1.807, 2.05) is 0 Å². The van der Waals surface area contributed by atoms with Crippen molar-refractivity contribution in [3.8, 4) is 0 Å². The van der Waals surface area contributed by atoms with Crippen molar-refractivity contribution in [2.24, 2.45) is 0 Å². The fourth-order valence-corrected chi connectivity index (χ4v) is 3.37. The Labute approximate surface area is 134 Å². The molecule has 3 heteroatoms. The van der Waals surface area contributed by atoms with Crippen molar-refractivity contribution in [1.29, 1.82) is 0 Å². The fourth-order valence-electron chi connectivity index (χ4n) is 2.61. The van der Waals surface area contributed by atoms with E-state index in [1.165, 1.54) is 70.6 Å². The summed E-state index contributed by atoms with van der Waals surface area (Å²) in [6.07, 6.45) is 20.6. The maximum atomic E-state index is 10.6. The van der Waals surface area contributed by atoms with Crippen molar-refractivity contribution in [3.63, 3.8) is 0 Å². The zero-order valence-electron chi connectivity index (χ0n) is 14.3. The van der Waals surface area contributed by atoms with Crippen LogP contribution in [0, 0.1) is 0 Å². The van der Waals surface area contributed by atoms with Gasteiger partial charge in [-0.25, -0.2) is 0 Å². The molecule has 0 aliphatic rings. The number of carboxylic acid groups (broad SMARTS) is 1. The van der Waals surface area contributed by atoms with E-state index in [-0.39, 0.29) is 0 Å². The van der Waals surface area contributed by atoms with E-state index < -0.39 is 5.97 Å². The highest BCUT2D eigenvalue weighted by Crippen LogP contribution is 2.16. The Balaban J connectivity index is 3.20. The van der Waals surface area contributed by atoms with Crippen LogP contribution in [-0.2, 0) is 4.79 Å². The predicted molar refractivity (Wildman–Crippen MR) is 96.2 cm³/mol. The molecule has 1 atom stereocenters. The topological polar surface area (TPSA) is 37.3 Å². The third-order valence-corrected chi connectivity index (χ3v) is 4.97. The second kappa shape index (κ2) is 15.8. The molecule has 0 saturated carbocycles. The van der Waals surface area contributed by atoms with Crippen LogP contribution in [-0.4, -0.2) is 21.3 Å². The molecule has 1 N–H and O–H groups in total. The average molecular weight is 313 g/mol. The highest BCUT2D eigenvalue weighted by atomic mass is 28.1. The minimum atomic E-state index is -0.632. The minimum absolute atomic E-state index is 0.379. The van der Waals surface area contributed by atoms with Gasteiger partial charge in [0.15, 0.2) is 0 Å². The Kier molecular flexibility index (Phi) is 15.4. The summed E-state index contributed by atoms with van der Waals surface area (Å²) in [5.74, 6) is -0.632. The van der Waals surface area contributed by atoms with Crippen LogP contribution >= 0.6 is 0 Å². The second-order valence-electron chi connectivity index (χ2n) is 6.37. The monoisotopic (exact) mass is 312 g/mol. The first-order valence-corrected chi connectivity index (χ1v) is 10.2. The van der Waals surface area contributed by atoms with Gasteiger partial charge in [-0.2, -0.15) is 0 Å². The Morgan fingerprint density at radius 2 is 1.48 bits per heavy atom. The predicted octanol–water partition coefficient (Wildman–Crippen LogP) is 4.87. The first kappa shape index (κ1) is 20.4. The summed E-state index contributed by atoms with van der Waals surface area (Å²) in [4.78, 5) is 10.6. The van der Waals surface area contributed by atoms with Gasteiger partial charge in [0.05, 0.1) is 0 Å². The first-order valence-electron chi connectivity index (χ1n) is 9.03. The summed E-state index contributed by atoms with van der Waals surface area (Å²) in [5.41, 5.74) is 0.464. The normalized spacial score (nSPS) is 13.0. The van der Waals surface area contributed by atoms with Gasteiger partial charge in [-0.3, -0.25) is 4.79 Å². The molecule has 0 fully saturated rings. The Morgan fingerprint density at radius 1 is 0.952 bits per heavy atom. The number of hydrogen-bond acceptors (Lipinski definition) is 1. The van der Waals surface area contributed by atoms with Crippen molar-refractivity contribution in [3.05, 3.63) is 12.2 Å². The minimum Gasteiger partial charge on any atom is -0.481 e. The lowest BCUT2D eigenvalue weighted by Crippen LogP contribution is -2.02. The van der Waals surface area contributed by atoms with Crippen molar-refractivity contribution < 1.29 is 9.90 Å². The van der Waals surface area contributed by atoms with Gasteiger partial charge in [-0.1, -0.05) is 70.4 Å². The summed E-state index contributed by atoms with van der Waals surface area (Å²) in [7, 11) is 1.01. The van der Waals surface area contributed by atoms with Crippen LogP contribution < -0.4 is 0 Å². The lowest BCUT2D eigenvalue weighted by atomic mass is 10.1. The van der Waals surface area contributed by atoms with Gasteiger partial charge in [0.2, 0.25) is 0 Å². The van der Waals surface area contributed by atoms with E-state index >= 15 is 0 Å². The van der Waals surface area contributed by atoms with Gasteiger partial charge >= 0.3 is 5.97 Å². The molecule has 0 rings (SSSR count). The molecule has 0 aromatic carbocycles. The lowest BCUT2D eigenvalue weighted by Gasteiger charge is -2.07. The van der Waals surface area contributed by atoms with Crippen molar-refractivity contribution in [2.45, 2.75) is 95.9 Å². The summed E-state index contributed by atoms with van der Waals surface area (Å²) >= 11 is 0. The summed E-state index contributed by atoms with van der Waals surface area (Å²) in [5, 5.41) is 8.70. The van der Waals surface area contributed by atoms with Gasteiger partial charge < -0.3 is 5.11 Å². The average Bonchev–Trinajstić information content (AvgIpc) is 2.43. The van der Waals surface area contributed by atoms with Crippen LogP contribution in [0.15, 0.2) is 12.2 Å². The maximum absolute atomic E-state index is 10.6. The summed E-state index contributed by atoms with van der Waals surface area (Å²) in [6.45, 7) is 2.26. The van der Waals surface area contributed by atoms with E-state index in [4.69, 9.17) is 5.11 Å². The number of aliphatic carboxylic acids is 1. The van der Waals surface area contributed by atoms with E-state index in [1.54, 1.807) is 0 Å². The fraction of sp³-hybridized carbons (Fsp3) is 0.833. The van der Waals surface area contributed by atoms with E-state index in [2.05, 4.69) is 19.1 Å². The van der Waals surface area contributed by atoms with Crippen LogP contribution in [0.4, 0.5) is 0 Å². The van der Waals surface area contributed by atoms with Crippen LogP contribution in [0.25, 0.3) is 0 Å². The Bertz CT molecular complexity index is 264. The Hall–Kier alpha value is -0.573. The molecule has 0 spiro atoms. The van der Waals surface area contributed by atoms with Crippen LogP contribution in [0.3, 0.4) is 0 Å². The molecule has 0 aromatic heterocycles. The molecule has 1 unspecified atom stereocenters. The smallest absolute Gasteiger partial charge is 0.303 e. The molecule has 124 valence electrons. The molecule has 0 aliphatic carbocycles. The van der Waals surface area contributed by atoms with Crippen molar-refractivity contribution in [2.75, 3.05) is 0 Å². The maximum Gasteiger partial charge on any atom is 0.303 e. The molecular weight excluding hydrogens is 276 g/mol. The van der Waals surface area contributed by atoms with Gasteiger partial charge in [-0.15, -0.1) is 0 Å². The quantitative estimate of drug-likeness (QED) is 0.266. The van der Waals surface area contributed by atoms with Gasteiger partial charge in [0.1, 0.15) is 0 Å². The van der Waals surface area contributed by atoms with Crippen molar-refractivity contribution in [1.82, 2.24) is 0 Å². The van der Waals surface area contributed by atoms with Crippen LogP contribution in [0.1, 0.15) is 90.4 Å². The van der Waals surface area contributed by atoms with Gasteiger partial charge in [0, 0.05) is 16.7 Å². The molecule has 0 aromatic rings. The molecule has 0 radical (unpaired) electrons. The summed E-state index contributed by atoms with van der Waals surface area (Å²) in [6, 6.07) is 0. The summed E-state index contributed by atoms with van der Waals surface area (Å²) < 4.78 is 0. The van der Waals surface area contributed by atoms with Crippen molar-refractivity contribution >= 4 is 16.2 Å².